The molecule has 2 aromatic rings. The Hall–Kier alpha value is -3.09. The number of H-pyrrole nitrogens is 1. The number of aromatic nitrogens is 1. The molecule has 11 nitrogen and oxygen atoms in total. The van der Waals surface area contributed by atoms with Crippen LogP contribution in [0, 0.1) is 0 Å². The van der Waals surface area contributed by atoms with Crippen LogP contribution in [0.25, 0.3) is 10.9 Å². The summed E-state index contributed by atoms with van der Waals surface area (Å²) in [6, 6.07) is 3.83. The number of nitrogens with two attached hydrogens (primary N) is 2. The van der Waals surface area contributed by atoms with Crippen molar-refractivity contribution in [3.05, 3.63) is 36.0 Å². The highest BCUT2D eigenvalue weighted by atomic mass is 32.2. The monoisotopic (exact) mass is 534 g/mol. The van der Waals surface area contributed by atoms with E-state index in [0.29, 0.717) is 31.6 Å². The number of unbranched alkanes of at least 4 members (excludes halogenated alkanes) is 1. The summed E-state index contributed by atoms with van der Waals surface area (Å²) in [4.78, 5) is 53.1. The van der Waals surface area contributed by atoms with Crippen molar-refractivity contribution < 1.29 is 24.3 Å². The number of carbonyl (C=O) groups is 4. The van der Waals surface area contributed by atoms with E-state index in [-0.39, 0.29) is 12.8 Å². The van der Waals surface area contributed by atoms with Crippen molar-refractivity contribution in [2.24, 2.45) is 11.5 Å². The SMILES string of the molecule is CSCCC(NC(=O)C(N)Cc1c[nH]c2ccccc12)C(=O)NC(CCCCN)C(=O)NC(C)C(=O)O. The number of carboxylic acids is 1. The molecule has 0 spiro atoms. The van der Waals surface area contributed by atoms with Crippen LogP contribution in [-0.2, 0) is 25.6 Å². The summed E-state index contributed by atoms with van der Waals surface area (Å²) in [5.41, 5.74) is 13.6. The number of carbonyl (C=O) groups excluding carboxylic acids is 3. The standard InChI is InChI=1S/C25H38N6O5S/c1-15(25(35)36)29-23(33)20(9-5-6-11-26)31-24(34)21(10-12-37-2)30-22(32)18(27)13-16-14-28-19-8-4-3-7-17(16)19/h3-4,7-8,14-15,18,20-21,28H,5-6,9-13,26-27H2,1-2H3,(H,29,33)(H,30,32)(H,31,34)(H,35,36). The van der Waals surface area contributed by atoms with E-state index < -0.39 is 47.9 Å². The first-order chi connectivity index (χ1) is 17.7. The molecule has 0 saturated heterocycles. The van der Waals surface area contributed by atoms with Gasteiger partial charge in [-0.1, -0.05) is 18.2 Å². The summed E-state index contributed by atoms with van der Waals surface area (Å²) in [5, 5.41) is 17.9. The average molecular weight is 535 g/mol. The number of amides is 3. The van der Waals surface area contributed by atoms with Crippen LogP contribution in [0.15, 0.2) is 30.5 Å². The van der Waals surface area contributed by atoms with Crippen molar-refractivity contribution in [1.82, 2.24) is 20.9 Å². The summed E-state index contributed by atoms with van der Waals surface area (Å²) in [6.45, 7) is 1.77. The number of thioether (sulfide) groups is 1. The van der Waals surface area contributed by atoms with Crippen LogP contribution in [0.3, 0.4) is 0 Å². The molecule has 0 aliphatic rings. The maximum atomic E-state index is 13.2. The van der Waals surface area contributed by atoms with Crippen LogP contribution >= 0.6 is 11.8 Å². The van der Waals surface area contributed by atoms with E-state index >= 15 is 0 Å². The van der Waals surface area contributed by atoms with E-state index in [1.165, 1.54) is 18.7 Å². The maximum absolute atomic E-state index is 13.2. The molecule has 0 fully saturated rings. The van der Waals surface area contributed by atoms with Gasteiger partial charge < -0.3 is 37.5 Å². The Labute approximate surface area is 220 Å². The quantitative estimate of drug-likeness (QED) is 0.151. The molecule has 2 rings (SSSR count). The van der Waals surface area contributed by atoms with Gasteiger partial charge in [0.2, 0.25) is 17.7 Å². The van der Waals surface area contributed by atoms with E-state index in [0.717, 1.165) is 16.5 Å². The Balaban J connectivity index is 2.08. The first-order valence-corrected chi connectivity index (χ1v) is 13.7. The predicted molar refractivity (Wildman–Crippen MR) is 145 cm³/mol. The number of para-hydroxylation sites is 1. The lowest BCUT2D eigenvalue weighted by Gasteiger charge is -2.24. The fourth-order valence-electron chi connectivity index (χ4n) is 3.82. The van der Waals surface area contributed by atoms with Crippen molar-refractivity contribution >= 4 is 46.4 Å². The zero-order valence-electron chi connectivity index (χ0n) is 21.3. The van der Waals surface area contributed by atoms with Gasteiger partial charge in [0, 0.05) is 17.1 Å². The molecular formula is C25H38N6O5S. The number of aromatic amines is 1. The number of carboxylic acid groups (broad SMARTS) is 1. The Morgan fingerprint density at radius 1 is 1.00 bits per heavy atom. The normalized spacial score (nSPS) is 14.4. The molecule has 3 amide bonds. The Kier molecular flexibility index (Phi) is 12.4. The Morgan fingerprint density at radius 3 is 2.32 bits per heavy atom. The number of hydrogen-bond acceptors (Lipinski definition) is 7. The van der Waals surface area contributed by atoms with E-state index in [1.807, 2.05) is 36.7 Å². The third-order valence-corrected chi connectivity index (χ3v) is 6.65. The molecule has 0 aliphatic carbocycles. The molecule has 9 N–H and O–H groups in total. The van der Waals surface area contributed by atoms with Crippen molar-refractivity contribution in [2.45, 2.75) is 63.2 Å². The fourth-order valence-corrected chi connectivity index (χ4v) is 4.29. The zero-order chi connectivity index (χ0) is 27.4. The minimum Gasteiger partial charge on any atom is -0.480 e. The number of hydrogen-bond donors (Lipinski definition) is 7. The smallest absolute Gasteiger partial charge is 0.325 e. The number of fused-ring (bicyclic) bond motifs is 1. The largest absolute Gasteiger partial charge is 0.480 e. The van der Waals surface area contributed by atoms with Gasteiger partial charge in [-0.2, -0.15) is 11.8 Å². The van der Waals surface area contributed by atoms with Gasteiger partial charge in [0.1, 0.15) is 18.1 Å². The van der Waals surface area contributed by atoms with Gasteiger partial charge in [0.15, 0.2) is 0 Å². The summed E-state index contributed by atoms with van der Waals surface area (Å²) in [7, 11) is 0. The maximum Gasteiger partial charge on any atom is 0.325 e. The van der Waals surface area contributed by atoms with E-state index in [2.05, 4.69) is 20.9 Å². The molecule has 1 aromatic carbocycles. The summed E-state index contributed by atoms with van der Waals surface area (Å²) in [6.07, 6.45) is 5.81. The van der Waals surface area contributed by atoms with Crippen LogP contribution in [0.1, 0.15) is 38.2 Å². The van der Waals surface area contributed by atoms with Gasteiger partial charge in [-0.3, -0.25) is 19.2 Å². The predicted octanol–water partition coefficient (Wildman–Crippen LogP) is 0.479. The summed E-state index contributed by atoms with van der Waals surface area (Å²) < 4.78 is 0. The fraction of sp³-hybridized carbons (Fsp3) is 0.520. The summed E-state index contributed by atoms with van der Waals surface area (Å²) in [5.74, 6) is -2.20. The van der Waals surface area contributed by atoms with E-state index in [1.54, 1.807) is 0 Å². The van der Waals surface area contributed by atoms with E-state index in [4.69, 9.17) is 16.6 Å². The molecule has 0 saturated carbocycles. The van der Waals surface area contributed by atoms with Gasteiger partial charge in [-0.25, -0.2) is 0 Å². The van der Waals surface area contributed by atoms with Crippen LogP contribution in [0.5, 0.6) is 0 Å². The number of benzene rings is 1. The number of rotatable bonds is 16. The van der Waals surface area contributed by atoms with Crippen molar-refractivity contribution in [1.29, 1.82) is 0 Å². The summed E-state index contributed by atoms with van der Waals surface area (Å²) >= 11 is 1.52. The highest BCUT2D eigenvalue weighted by molar-refractivity contribution is 7.98. The van der Waals surface area contributed by atoms with Gasteiger partial charge in [0.25, 0.3) is 0 Å². The van der Waals surface area contributed by atoms with Gasteiger partial charge in [-0.05, 0) is 69.2 Å². The second-order valence-corrected chi connectivity index (χ2v) is 9.91. The first-order valence-electron chi connectivity index (χ1n) is 12.3. The third kappa shape index (κ3) is 9.38. The Bertz CT molecular complexity index is 1060. The van der Waals surface area contributed by atoms with Gasteiger partial charge in [0.05, 0.1) is 6.04 Å². The molecule has 4 unspecified atom stereocenters. The highest BCUT2D eigenvalue weighted by Crippen LogP contribution is 2.19. The molecule has 1 aromatic heterocycles. The molecular weight excluding hydrogens is 496 g/mol. The van der Waals surface area contributed by atoms with Crippen LogP contribution < -0.4 is 27.4 Å². The minimum absolute atomic E-state index is 0.282. The van der Waals surface area contributed by atoms with E-state index in [9.17, 15) is 19.2 Å². The molecule has 0 bridgehead atoms. The molecule has 0 aliphatic heterocycles. The lowest BCUT2D eigenvalue weighted by molar-refractivity contribution is -0.141. The molecule has 37 heavy (non-hydrogen) atoms. The first kappa shape index (κ1) is 30.1. The Morgan fingerprint density at radius 2 is 1.65 bits per heavy atom. The topological polar surface area (TPSA) is 192 Å². The lowest BCUT2D eigenvalue weighted by Crippen LogP contribution is -2.57. The van der Waals surface area contributed by atoms with Crippen LogP contribution in [0.2, 0.25) is 0 Å². The van der Waals surface area contributed by atoms with Crippen LogP contribution in [-0.4, -0.2) is 76.5 Å². The minimum atomic E-state index is -1.19. The molecule has 4 atom stereocenters. The van der Waals surface area contributed by atoms with Crippen LogP contribution in [0.4, 0.5) is 0 Å². The molecule has 0 radical (unpaired) electrons. The second-order valence-electron chi connectivity index (χ2n) is 8.93. The molecule has 1 heterocycles. The second kappa shape index (κ2) is 15.2. The number of nitrogens with one attached hydrogen (secondary N) is 4. The van der Waals surface area contributed by atoms with Gasteiger partial charge in [-0.15, -0.1) is 0 Å². The average Bonchev–Trinajstić information content (AvgIpc) is 3.28. The highest BCUT2D eigenvalue weighted by Gasteiger charge is 2.29. The molecule has 12 heteroatoms. The van der Waals surface area contributed by atoms with Crippen molar-refractivity contribution in [3.8, 4) is 0 Å². The third-order valence-electron chi connectivity index (χ3n) is 6.00. The number of aliphatic carboxylic acids is 1. The zero-order valence-corrected chi connectivity index (χ0v) is 22.1. The lowest BCUT2D eigenvalue weighted by atomic mass is 10.0. The van der Waals surface area contributed by atoms with Crippen molar-refractivity contribution in [3.63, 3.8) is 0 Å². The molecule has 204 valence electrons. The van der Waals surface area contributed by atoms with Crippen molar-refractivity contribution in [2.75, 3.05) is 18.6 Å². The van der Waals surface area contributed by atoms with Gasteiger partial charge >= 0.3 is 5.97 Å².